The van der Waals surface area contributed by atoms with Gasteiger partial charge in [-0.1, -0.05) is 29.3 Å². The molecule has 0 saturated carbocycles. The van der Waals surface area contributed by atoms with Crippen molar-refractivity contribution in [3.05, 3.63) is 62.6 Å². The number of nitrogens with one attached hydrogen (secondary N) is 1. The zero-order chi connectivity index (χ0) is 21.2. The van der Waals surface area contributed by atoms with Crippen LogP contribution in [-0.4, -0.2) is 36.6 Å². The SMILES string of the molecule is O=C(Nc1cccc([N+](=O)[O-])c1)[C@H]1CCCN(S(=O)(=O)c2cc(Cl)ccc2Cl)C1. The molecule has 0 aliphatic carbocycles. The van der Waals surface area contributed by atoms with E-state index in [1.807, 2.05) is 0 Å². The van der Waals surface area contributed by atoms with Crippen molar-refractivity contribution in [3.63, 3.8) is 0 Å². The number of nitrogens with zero attached hydrogens (tertiary/aromatic N) is 2. The molecule has 2 aromatic rings. The van der Waals surface area contributed by atoms with E-state index >= 15 is 0 Å². The summed E-state index contributed by atoms with van der Waals surface area (Å²) in [5.41, 5.74) is 0.133. The molecule has 11 heteroatoms. The van der Waals surface area contributed by atoms with Gasteiger partial charge >= 0.3 is 0 Å². The number of anilines is 1. The zero-order valence-electron chi connectivity index (χ0n) is 15.0. The smallest absolute Gasteiger partial charge is 0.271 e. The summed E-state index contributed by atoms with van der Waals surface area (Å²) in [6.07, 6.45) is 0.987. The molecule has 0 spiro atoms. The Kier molecular flexibility index (Phi) is 6.42. The Labute approximate surface area is 177 Å². The maximum absolute atomic E-state index is 13.0. The fourth-order valence-electron chi connectivity index (χ4n) is 3.13. The molecule has 1 amide bonds. The van der Waals surface area contributed by atoms with Crippen LogP contribution in [-0.2, 0) is 14.8 Å². The lowest BCUT2D eigenvalue weighted by Gasteiger charge is -2.31. The first-order valence-electron chi connectivity index (χ1n) is 8.69. The molecular weight excluding hydrogens is 441 g/mol. The summed E-state index contributed by atoms with van der Waals surface area (Å²) in [5, 5.41) is 13.8. The van der Waals surface area contributed by atoms with E-state index in [1.165, 1.54) is 46.8 Å². The molecule has 1 saturated heterocycles. The fourth-order valence-corrected chi connectivity index (χ4v) is 5.39. The van der Waals surface area contributed by atoms with Crippen molar-refractivity contribution in [2.45, 2.75) is 17.7 Å². The van der Waals surface area contributed by atoms with Gasteiger partial charge in [0.05, 0.1) is 15.9 Å². The number of non-ortho nitro benzene ring substituents is 1. The molecule has 0 radical (unpaired) electrons. The number of sulfonamides is 1. The number of nitro benzene ring substituents is 1. The van der Waals surface area contributed by atoms with E-state index in [0.29, 0.717) is 12.8 Å². The van der Waals surface area contributed by atoms with Crippen molar-refractivity contribution in [1.29, 1.82) is 0 Å². The van der Waals surface area contributed by atoms with Crippen LogP contribution in [0.1, 0.15) is 12.8 Å². The van der Waals surface area contributed by atoms with Crippen LogP contribution < -0.4 is 5.32 Å². The van der Waals surface area contributed by atoms with Crippen molar-refractivity contribution in [2.24, 2.45) is 5.92 Å². The van der Waals surface area contributed by atoms with Crippen LogP contribution in [0, 0.1) is 16.0 Å². The van der Waals surface area contributed by atoms with Gasteiger partial charge in [-0.25, -0.2) is 8.42 Å². The van der Waals surface area contributed by atoms with E-state index in [-0.39, 0.29) is 39.4 Å². The molecule has 2 aromatic carbocycles. The molecule has 1 aliphatic rings. The van der Waals surface area contributed by atoms with Crippen LogP contribution in [0.25, 0.3) is 0 Å². The maximum Gasteiger partial charge on any atom is 0.271 e. The highest BCUT2D eigenvalue weighted by Gasteiger charge is 2.34. The van der Waals surface area contributed by atoms with E-state index in [9.17, 15) is 23.3 Å². The van der Waals surface area contributed by atoms with Crippen molar-refractivity contribution >= 4 is 50.5 Å². The standard InChI is InChI=1S/C18H17Cl2N3O5S/c19-13-6-7-16(20)17(9-13)29(27,28)22-8-2-3-12(11-22)18(24)21-14-4-1-5-15(10-14)23(25)26/h1,4-7,9-10,12H,2-3,8,11H2,(H,21,24)/t12-/m0/s1. The first kappa shape index (κ1) is 21.5. The number of carbonyl (C=O) groups is 1. The number of rotatable bonds is 5. The largest absolute Gasteiger partial charge is 0.326 e. The van der Waals surface area contributed by atoms with Crippen LogP contribution in [0.2, 0.25) is 10.0 Å². The molecule has 154 valence electrons. The highest BCUT2D eigenvalue weighted by Crippen LogP contribution is 2.31. The molecule has 1 aliphatic heterocycles. The zero-order valence-corrected chi connectivity index (χ0v) is 17.4. The third kappa shape index (κ3) is 4.87. The second kappa shape index (κ2) is 8.66. The number of carbonyl (C=O) groups excluding carboxylic acids is 1. The number of nitro groups is 1. The highest BCUT2D eigenvalue weighted by molar-refractivity contribution is 7.89. The second-order valence-corrected chi connectivity index (χ2v) is 9.32. The molecule has 1 N–H and O–H groups in total. The molecule has 0 aromatic heterocycles. The molecule has 8 nitrogen and oxygen atoms in total. The Balaban J connectivity index is 1.76. The predicted molar refractivity (Wildman–Crippen MR) is 110 cm³/mol. The summed E-state index contributed by atoms with van der Waals surface area (Å²) in [7, 11) is -3.92. The summed E-state index contributed by atoms with van der Waals surface area (Å²) >= 11 is 12.0. The molecule has 1 heterocycles. The van der Waals surface area contributed by atoms with E-state index in [4.69, 9.17) is 23.2 Å². The van der Waals surface area contributed by atoms with Crippen LogP contribution in [0.3, 0.4) is 0 Å². The normalized spacial score (nSPS) is 17.7. The number of hydrogen-bond acceptors (Lipinski definition) is 5. The Morgan fingerprint density at radius 2 is 1.97 bits per heavy atom. The van der Waals surface area contributed by atoms with Gasteiger partial charge in [-0.05, 0) is 37.1 Å². The minimum absolute atomic E-state index is 0.0219. The monoisotopic (exact) mass is 457 g/mol. The van der Waals surface area contributed by atoms with Crippen molar-refractivity contribution in [3.8, 4) is 0 Å². The van der Waals surface area contributed by atoms with E-state index in [0.717, 1.165) is 0 Å². The minimum Gasteiger partial charge on any atom is -0.326 e. The van der Waals surface area contributed by atoms with E-state index in [1.54, 1.807) is 0 Å². The quantitative estimate of drug-likeness (QED) is 0.539. The fraction of sp³-hybridized carbons (Fsp3) is 0.278. The van der Waals surface area contributed by atoms with Crippen molar-refractivity contribution in [2.75, 3.05) is 18.4 Å². The lowest BCUT2D eigenvalue weighted by molar-refractivity contribution is -0.384. The molecule has 0 bridgehead atoms. The van der Waals surface area contributed by atoms with Gasteiger partial charge in [-0.15, -0.1) is 0 Å². The van der Waals surface area contributed by atoms with Gasteiger partial charge in [0.1, 0.15) is 4.90 Å². The average Bonchev–Trinajstić information content (AvgIpc) is 2.70. The average molecular weight is 458 g/mol. The number of hydrogen-bond donors (Lipinski definition) is 1. The molecule has 1 atom stereocenters. The van der Waals surface area contributed by atoms with Crippen LogP contribution >= 0.6 is 23.2 Å². The summed E-state index contributed by atoms with van der Waals surface area (Å²) in [5.74, 6) is -1.00. The van der Waals surface area contributed by atoms with Gasteiger partial charge in [0.15, 0.2) is 0 Å². The van der Waals surface area contributed by atoms with Gasteiger partial charge in [-0.2, -0.15) is 4.31 Å². The number of benzene rings is 2. The highest BCUT2D eigenvalue weighted by atomic mass is 35.5. The van der Waals surface area contributed by atoms with Crippen molar-refractivity contribution in [1.82, 2.24) is 4.31 Å². The lowest BCUT2D eigenvalue weighted by atomic mass is 9.98. The first-order valence-corrected chi connectivity index (χ1v) is 10.9. The Morgan fingerprint density at radius 3 is 2.69 bits per heavy atom. The van der Waals surface area contributed by atoms with Crippen molar-refractivity contribution < 1.29 is 18.1 Å². The lowest BCUT2D eigenvalue weighted by Crippen LogP contribution is -2.43. The Bertz CT molecular complexity index is 1060. The molecule has 29 heavy (non-hydrogen) atoms. The van der Waals surface area contributed by atoms with Crippen LogP contribution in [0.5, 0.6) is 0 Å². The maximum atomic E-state index is 13.0. The van der Waals surface area contributed by atoms with Crippen LogP contribution in [0.4, 0.5) is 11.4 Å². The van der Waals surface area contributed by atoms with Gasteiger partial charge < -0.3 is 5.32 Å². The van der Waals surface area contributed by atoms with Gasteiger partial charge in [0.2, 0.25) is 15.9 Å². The Hall–Kier alpha value is -2.20. The minimum atomic E-state index is -3.92. The van der Waals surface area contributed by atoms with Crippen LogP contribution in [0.15, 0.2) is 47.4 Å². The summed E-state index contributed by atoms with van der Waals surface area (Å²) in [6.45, 7) is 0.234. The molecule has 3 rings (SSSR count). The first-order chi connectivity index (χ1) is 13.7. The third-order valence-corrected chi connectivity index (χ3v) is 7.17. The molecule has 1 fully saturated rings. The van der Waals surface area contributed by atoms with E-state index < -0.39 is 26.8 Å². The summed E-state index contributed by atoms with van der Waals surface area (Å²) < 4.78 is 27.2. The third-order valence-electron chi connectivity index (χ3n) is 4.59. The van der Waals surface area contributed by atoms with Gasteiger partial charge in [0, 0.05) is 35.9 Å². The van der Waals surface area contributed by atoms with E-state index in [2.05, 4.69) is 5.32 Å². The topological polar surface area (TPSA) is 110 Å². The van der Waals surface area contributed by atoms with Gasteiger partial charge in [-0.3, -0.25) is 14.9 Å². The van der Waals surface area contributed by atoms with Gasteiger partial charge in [0.25, 0.3) is 5.69 Å². The summed E-state index contributed by atoms with van der Waals surface area (Å²) in [4.78, 5) is 22.8. The molecule has 0 unspecified atom stereocenters. The number of halogens is 2. The predicted octanol–water partition coefficient (Wildman–Crippen LogP) is 3.94. The number of piperidine rings is 1. The Morgan fingerprint density at radius 1 is 1.21 bits per heavy atom. The number of amides is 1. The summed E-state index contributed by atoms with van der Waals surface area (Å²) in [6, 6.07) is 9.76. The second-order valence-electron chi connectivity index (χ2n) is 6.57. The molecular formula is C18H17Cl2N3O5S.